The molecule has 0 aliphatic rings. The molecule has 1 heterocycles. The lowest BCUT2D eigenvalue weighted by atomic mass is 9.94. The van der Waals surface area contributed by atoms with E-state index in [1.807, 2.05) is 37.3 Å². The third-order valence-electron chi connectivity index (χ3n) is 5.30. The summed E-state index contributed by atoms with van der Waals surface area (Å²) < 4.78 is 7.77. The summed E-state index contributed by atoms with van der Waals surface area (Å²) in [5, 5.41) is 0. The number of nitrogens with zero attached hydrogens (tertiary/aromatic N) is 1. The molecule has 0 aliphatic heterocycles. The number of para-hydroxylation sites is 1. The molecule has 146 valence electrons. The highest BCUT2D eigenvalue weighted by molar-refractivity contribution is 6.02. The number of benzene rings is 2. The van der Waals surface area contributed by atoms with Crippen molar-refractivity contribution in [3.63, 3.8) is 0 Å². The van der Waals surface area contributed by atoms with Gasteiger partial charge in [-0.15, -0.1) is 0 Å². The maximum atomic E-state index is 12.5. The monoisotopic (exact) mass is 376 g/mol. The third-order valence-corrected chi connectivity index (χ3v) is 5.30. The van der Waals surface area contributed by atoms with Crippen LogP contribution in [-0.2, 0) is 13.0 Å². The van der Waals surface area contributed by atoms with E-state index in [0.717, 1.165) is 52.2 Å². The van der Waals surface area contributed by atoms with Crippen LogP contribution in [0.5, 0.6) is 5.75 Å². The highest BCUT2D eigenvalue weighted by atomic mass is 16.5. The van der Waals surface area contributed by atoms with Gasteiger partial charge in [0.15, 0.2) is 0 Å². The van der Waals surface area contributed by atoms with E-state index in [0.29, 0.717) is 12.1 Å². The summed E-state index contributed by atoms with van der Waals surface area (Å²) >= 11 is 0. The molecule has 0 fully saturated rings. The third kappa shape index (κ3) is 3.55. The number of carbonyl (C=O) groups excluding carboxylic acids is 1. The standard InChI is InChI=1S/C24H28N2O2/c1-5-10-20-23(19-13-8-6-11-16(19)2)22(24(25)27)17(3)26(20)15-18-12-7-9-14-21(18)28-4/h6-9,11-14H,5,10,15H2,1-4H3,(H2,25,27). The summed E-state index contributed by atoms with van der Waals surface area (Å²) in [7, 11) is 1.68. The fourth-order valence-electron chi connectivity index (χ4n) is 3.96. The summed E-state index contributed by atoms with van der Waals surface area (Å²) in [4.78, 5) is 12.5. The SMILES string of the molecule is CCCc1c(-c2ccccc2C)c(C(N)=O)c(C)n1Cc1ccccc1OC. The van der Waals surface area contributed by atoms with Gasteiger partial charge in [-0.05, 0) is 37.5 Å². The van der Waals surface area contributed by atoms with Crippen molar-refractivity contribution in [2.75, 3.05) is 7.11 Å². The van der Waals surface area contributed by atoms with Gasteiger partial charge in [-0.2, -0.15) is 0 Å². The van der Waals surface area contributed by atoms with Crippen molar-refractivity contribution in [2.45, 2.75) is 40.2 Å². The van der Waals surface area contributed by atoms with Crippen molar-refractivity contribution in [3.8, 4) is 16.9 Å². The average Bonchev–Trinajstić information content (AvgIpc) is 2.95. The molecule has 1 aromatic heterocycles. The van der Waals surface area contributed by atoms with Gasteiger partial charge in [-0.25, -0.2) is 0 Å². The molecule has 0 unspecified atom stereocenters. The molecule has 3 aromatic rings. The predicted octanol–water partition coefficient (Wildman–Crippen LogP) is 4.88. The number of rotatable bonds is 7. The van der Waals surface area contributed by atoms with Gasteiger partial charge < -0.3 is 15.0 Å². The van der Waals surface area contributed by atoms with Gasteiger partial charge in [0.1, 0.15) is 5.75 Å². The Morgan fingerprint density at radius 2 is 1.75 bits per heavy atom. The van der Waals surface area contributed by atoms with Crippen LogP contribution in [0.25, 0.3) is 11.1 Å². The number of aryl methyl sites for hydroxylation is 1. The molecule has 4 heteroatoms. The van der Waals surface area contributed by atoms with Crippen molar-refractivity contribution in [1.29, 1.82) is 0 Å². The second kappa shape index (κ2) is 8.34. The molecule has 1 amide bonds. The zero-order valence-corrected chi connectivity index (χ0v) is 17.1. The zero-order chi connectivity index (χ0) is 20.3. The van der Waals surface area contributed by atoms with Gasteiger partial charge in [0.25, 0.3) is 5.91 Å². The molecule has 3 rings (SSSR count). The lowest BCUT2D eigenvalue weighted by Crippen LogP contribution is -2.14. The average molecular weight is 377 g/mol. The first-order valence-electron chi connectivity index (χ1n) is 9.69. The van der Waals surface area contributed by atoms with E-state index in [-0.39, 0.29) is 5.91 Å². The Balaban J connectivity index is 2.27. The largest absolute Gasteiger partial charge is 0.496 e. The molecule has 4 nitrogen and oxygen atoms in total. The Labute approximate surface area is 166 Å². The highest BCUT2D eigenvalue weighted by Gasteiger charge is 2.25. The molecular weight excluding hydrogens is 348 g/mol. The minimum Gasteiger partial charge on any atom is -0.496 e. The van der Waals surface area contributed by atoms with Gasteiger partial charge in [-0.3, -0.25) is 4.79 Å². The van der Waals surface area contributed by atoms with Crippen molar-refractivity contribution >= 4 is 5.91 Å². The van der Waals surface area contributed by atoms with Crippen LogP contribution >= 0.6 is 0 Å². The normalized spacial score (nSPS) is 10.9. The van der Waals surface area contributed by atoms with E-state index in [2.05, 4.69) is 36.6 Å². The van der Waals surface area contributed by atoms with Gasteiger partial charge in [0, 0.05) is 22.5 Å². The predicted molar refractivity (Wildman–Crippen MR) is 114 cm³/mol. The molecule has 0 saturated heterocycles. The van der Waals surface area contributed by atoms with Crippen LogP contribution in [0.2, 0.25) is 0 Å². The summed E-state index contributed by atoms with van der Waals surface area (Å²) in [5.74, 6) is 0.461. The van der Waals surface area contributed by atoms with E-state index in [9.17, 15) is 4.79 Å². The molecule has 0 atom stereocenters. The van der Waals surface area contributed by atoms with E-state index >= 15 is 0 Å². The van der Waals surface area contributed by atoms with E-state index in [4.69, 9.17) is 10.5 Å². The Kier molecular flexibility index (Phi) is 5.88. The van der Waals surface area contributed by atoms with Crippen LogP contribution in [0.15, 0.2) is 48.5 Å². The van der Waals surface area contributed by atoms with Gasteiger partial charge in [-0.1, -0.05) is 55.8 Å². The Bertz CT molecular complexity index is 1000. The second-order valence-electron chi connectivity index (χ2n) is 7.11. The van der Waals surface area contributed by atoms with Crippen molar-refractivity contribution in [2.24, 2.45) is 5.73 Å². The van der Waals surface area contributed by atoms with Gasteiger partial charge in [0.2, 0.25) is 0 Å². The quantitative estimate of drug-likeness (QED) is 0.639. The van der Waals surface area contributed by atoms with Crippen molar-refractivity contribution in [3.05, 3.63) is 76.6 Å². The number of aromatic nitrogens is 1. The minimum atomic E-state index is -0.383. The van der Waals surface area contributed by atoms with Gasteiger partial charge in [0.05, 0.1) is 19.2 Å². The van der Waals surface area contributed by atoms with Crippen molar-refractivity contribution in [1.82, 2.24) is 4.57 Å². The van der Waals surface area contributed by atoms with E-state index in [1.165, 1.54) is 0 Å². The number of carbonyl (C=O) groups is 1. The topological polar surface area (TPSA) is 57.2 Å². The first kappa shape index (κ1) is 19.7. The summed E-state index contributed by atoms with van der Waals surface area (Å²) in [5.41, 5.74) is 12.8. The Morgan fingerprint density at radius 1 is 1.07 bits per heavy atom. The first-order chi connectivity index (χ1) is 13.5. The number of primary amides is 1. The Hall–Kier alpha value is -3.01. The van der Waals surface area contributed by atoms with Crippen LogP contribution in [0.3, 0.4) is 0 Å². The molecule has 0 aliphatic carbocycles. The van der Waals surface area contributed by atoms with Crippen LogP contribution in [0, 0.1) is 13.8 Å². The maximum absolute atomic E-state index is 12.5. The molecule has 28 heavy (non-hydrogen) atoms. The number of ether oxygens (including phenoxy) is 1. The number of hydrogen-bond acceptors (Lipinski definition) is 2. The van der Waals surface area contributed by atoms with Crippen LogP contribution < -0.4 is 10.5 Å². The number of amides is 1. The minimum absolute atomic E-state index is 0.383. The highest BCUT2D eigenvalue weighted by Crippen LogP contribution is 2.36. The fourth-order valence-corrected chi connectivity index (χ4v) is 3.96. The van der Waals surface area contributed by atoms with Crippen LogP contribution in [0.1, 0.15) is 46.2 Å². The maximum Gasteiger partial charge on any atom is 0.251 e. The summed E-state index contributed by atoms with van der Waals surface area (Å²) in [6.45, 7) is 6.85. The lowest BCUT2D eigenvalue weighted by Gasteiger charge is -2.15. The molecule has 2 aromatic carbocycles. The Morgan fingerprint density at radius 3 is 2.39 bits per heavy atom. The van der Waals surface area contributed by atoms with Crippen LogP contribution in [-0.4, -0.2) is 17.6 Å². The number of hydrogen-bond donors (Lipinski definition) is 1. The number of nitrogens with two attached hydrogens (primary N) is 1. The smallest absolute Gasteiger partial charge is 0.251 e. The molecule has 0 saturated carbocycles. The van der Waals surface area contributed by atoms with E-state index < -0.39 is 0 Å². The molecule has 0 radical (unpaired) electrons. The van der Waals surface area contributed by atoms with Crippen LogP contribution in [0.4, 0.5) is 0 Å². The molecule has 2 N–H and O–H groups in total. The number of methoxy groups -OCH3 is 1. The fraction of sp³-hybridized carbons (Fsp3) is 0.292. The molecular formula is C24H28N2O2. The summed E-state index contributed by atoms with van der Waals surface area (Å²) in [6, 6.07) is 16.2. The van der Waals surface area contributed by atoms with E-state index in [1.54, 1.807) is 7.11 Å². The molecule has 0 bridgehead atoms. The first-order valence-corrected chi connectivity index (χ1v) is 9.69. The van der Waals surface area contributed by atoms with Crippen molar-refractivity contribution < 1.29 is 9.53 Å². The zero-order valence-electron chi connectivity index (χ0n) is 17.1. The molecule has 0 spiro atoms. The van der Waals surface area contributed by atoms with Gasteiger partial charge >= 0.3 is 0 Å². The lowest BCUT2D eigenvalue weighted by molar-refractivity contribution is 0.1000. The second-order valence-corrected chi connectivity index (χ2v) is 7.11. The summed E-state index contributed by atoms with van der Waals surface area (Å²) in [6.07, 6.45) is 1.85.